The van der Waals surface area contributed by atoms with E-state index < -0.39 is 11.9 Å². The van der Waals surface area contributed by atoms with Gasteiger partial charge in [-0.2, -0.15) is 0 Å². The number of carbonyl (C=O) groups excluding carboxylic acids is 2. The number of rotatable bonds is 2. The second-order valence-electron chi connectivity index (χ2n) is 9.58. The lowest BCUT2D eigenvalue weighted by Gasteiger charge is -2.51. The minimum absolute atomic E-state index is 0.147. The van der Waals surface area contributed by atoms with E-state index >= 15 is 0 Å². The number of ether oxygens (including phenoxy) is 1. The van der Waals surface area contributed by atoms with E-state index in [-0.39, 0.29) is 5.92 Å². The average molecular weight is 397 g/mol. The van der Waals surface area contributed by atoms with Crippen LogP contribution in [0, 0.1) is 43.4 Å². The molecule has 3 nitrogen and oxygen atoms in total. The first-order chi connectivity index (χ1) is 13.3. The number of aryl methyl sites for hydroxylation is 2. The Morgan fingerprint density at radius 3 is 2.11 bits per heavy atom. The maximum atomic E-state index is 12.9. The fourth-order valence-electron chi connectivity index (χ4n) is 6.63. The first-order valence-electron chi connectivity index (χ1n) is 10.7. The van der Waals surface area contributed by atoms with E-state index in [0.717, 1.165) is 23.0 Å². The lowest BCUT2D eigenvalue weighted by Crippen LogP contribution is -2.41. The Morgan fingerprint density at radius 1 is 1.00 bits per heavy atom. The molecular weight excluding hydrogens is 368 g/mol. The highest BCUT2D eigenvalue weighted by atomic mass is 32.1. The van der Waals surface area contributed by atoms with E-state index in [1.807, 2.05) is 0 Å². The van der Waals surface area contributed by atoms with Gasteiger partial charge in [-0.25, -0.2) is 9.59 Å². The van der Waals surface area contributed by atoms with E-state index in [1.165, 1.54) is 47.4 Å². The minimum atomic E-state index is -0.437. The fraction of sp³-hybridized carbons (Fsp3) is 0.583. The Hall–Kier alpha value is -1.68. The molecule has 1 aromatic heterocycles. The van der Waals surface area contributed by atoms with E-state index in [1.54, 1.807) is 11.3 Å². The summed E-state index contributed by atoms with van der Waals surface area (Å²) < 4.78 is 5.25. The Balaban J connectivity index is 1.75. The molecule has 5 fully saturated rings. The average Bonchev–Trinajstić information content (AvgIpc) is 3.06. The van der Waals surface area contributed by atoms with Crippen molar-refractivity contribution in [2.45, 2.75) is 59.8 Å². The van der Waals surface area contributed by atoms with Gasteiger partial charge in [0.05, 0.1) is 11.1 Å². The number of thiophene rings is 1. The molecule has 1 saturated heterocycles. The van der Waals surface area contributed by atoms with Gasteiger partial charge in [0.2, 0.25) is 0 Å². The van der Waals surface area contributed by atoms with Crippen molar-refractivity contribution >= 4 is 28.8 Å². The SMILES string of the molecule is Cc1cc(/C(=C2\C(=O)OC(=O)C2=C2C3CC4CC(C3)CC2C4)C(C)C)c(C)s1. The van der Waals surface area contributed by atoms with E-state index in [2.05, 4.69) is 33.8 Å². The summed E-state index contributed by atoms with van der Waals surface area (Å²) in [6.07, 6.45) is 6.12. The molecule has 0 spiro atoms. The summed E-state index contributed by atoms with van der Waals surface area (Å²) in [6, 6.07) is 2.16. The van der Waals surface area contributed by atoms with Gasteiger partial charge >= 0.3 is 11.9 Å². The number of hydrogen-bond donors (Lipinski definition) is 0. The third-order valence-corrected chi connectivity index (χ3v) is 8.29. The van der Waals surface area contributed by atoms with Gasteiger partial charge in [-0.3, -0.25) is 0 Å². The fourth-order valence-corrected chi connectivity index (χ4v) is 7.57. The maximum Gasteiger partial charge on any atom is 0.347 e. The molecule has 28 heavy (non-hydrogen) atoms. The van der Waals surface area contributed by atoms with E-state index in [0.29, 0.717) is 23.0 Å². The Bertz CT molecular complexity index is 913. The second kappa shape index (κ2) is 6.41. The molecule has 2 heterocycles. The van der Waals surface area contributed by atoms with Crippen molar-refractivity contribution in [3.05, 3.63) is 38.1 Å². The van der Waals surface area contributed by atoms with Crippen LogP contribution in [0.3, 0.4) is 0 Å². The van der Waals surface area contributed by atoms with Gasteiger partial charge in [-0.15, -0.1) is 11.3 Å². The first-order valence-corrected chi connectivity index (χ1v) is 11.5. The van der Waals surface area contributed by atoms with Crippen LogP contribution in [-0.2, 0) is 14.3 Å². The van der Waals surface area contributed by atoms with Crippen LogP contribution in [0.15, 0.2) is 22.8 Å². The third-order valence-electron chi connectivity index (χ3n) is 7.33. The second-order valence-corrected chi connectivity index (χ2v) is 11.0. The summed E-state index contributed by atoms with van der Waals surface area (Å²) >= 11 is 1.75. The number of esters is 2. The van der Waals surface area contributed by atoms with Gasteiger partial charge in [0.15, 0.2) is 0 Å². The van der Waals surface area contributed by atoms with Crippen LogP contribution in [0.2, 0.25) is 0 Å². The van der Waals surface area contributed by atoms with E-state index in [4.69, 9.17) is 4.74 Å². The van der Waals surface area contributed by atoms with Crippen LogP contribution in [0.25, 0.3) is 5.57 Å². The number of carbonyl (C=O) groups is 2. The maximum absolute atomic E-state index is 12.9. The van der Waals surface area contributed by atoms with Crippen molar-refractivity contribution in [3.63, 3.8) is 0 Å². The van der Waals surface area contributed by atoms with E-state index in [9.17, 15) is 9.59 Å². The predicted molar refractivity (Wildman–Crippen MR) is 111 cm³/mol. The first kappa shape index (κ1) is 18.4. The molecule has 148 valence electrons. The molecule has 6 rings (SSSR count). The van der Waals surface area contributed by atoms with Crippen molar-refractivity contribution < 1.29 is 14.3 Å². The van der Waals surface area contributed by atoms with Crippen LogP contribution >= 0.6 is 11.3 Å². The zero-order valence-electron chi connectivity index (χ0n) is 17.1. The molecule has 4 saturated carbocycles. The normalized spacial score (nSPS) is 33.3. The van der Waals surface area contributed by atoms with Crippen molar-refractivity contribution in [3.8, 4) is 0 Å². The smallest absolute Gasteiger partial charge is 0.347 e. The molecule has 1 aromatic rings. The standard InChI is InChI=1S/C24H28O3S/c1-11(2)19(18-5-12(3)28-13(18)4)21-22(24(26)27-23(21)25)20-16-7-14-6-15(9-16)10-17(20)8-14/h5,11,14-17H,6-10H2,1-4H3/b21-19-,22-20?. The molecular formula is C24H28O3S. The quantitative estimate of drug-likeness (QED) is 0.371. The molecule has 0 radical (unpaired) electrons. The molecule has 0 atom stereocenters. The lowest BCUT2D eigenvalue weighted by molar-refractivity contribution is -0.149. The number of hydrogen-bond acceptors (Lipinski definition) is 4. The van der Waals surface area contributed by atoms with Gasteiger partial charge in [0.25, 0.3) is 0 Å². The summed E-state index contributed by atoms with van der Waals surface area (Å²) in [6.45, 7) is 8.43. The van der Waals surface area contributed by atoms with Gasteiger partial charge in [0, 0.05) is 9.75 Å². The van der Waals surface area contributed by atoms with Crippen LogP contribution in [-0.4, -0.2) is 11.9 Å². The van der Waals surface area contributed by atoms with Crippen molar-refractivity contribution in [1.29, 1.82) is 0 Å². The molecule has 4 heteroatoms. The highest BCUT2D eigenvalue weighted by molar-refractivity contribution is 7.12. The third kappa shape index (κ3) is 2.67. The van der Waals surface area contributed by atoms with Crippen LogP contribution in [0.1, 0.15) is 61.3 Å². The van der Waals surface area contributed by atoms with Crippen molar-refractivity contribution in [2.24, 2.45) is 29.6 Å². The molecule has 0 unspecified atom stereocenters. The Kier molecular flexibility index (Phi) is 4.20. The van der Waals surface area contributed by atoms with Gasteiger partial charge in [-0.05, 0) is 98.3 Å². The minimum Gasteiger partial charge on any atom is -0.386 e. The monoisotopic (exact) mass is 396 g/mol. The zero-order valence-corrected chi connectivity index (χ0v) is 17.9. The van der Waals surface area contributed by atoms with Crippen molar-refractivity contribution in [1.82, 2.24) is 0 Å². The number of cyclic esters (lactones) is 2. The zero-order chi connectivity index (χ0) is 19.7. The molecule has 4 aliphatic carbocycles. The van der Waals surface area contributed by atoms with Gasteiger partial charge in [0.1, 0.15) is 0 Å². The summed E-state index contributed by atoms with van der Waals surface area (Å²) in [5.74, 6) is 1.89. The number of allylic oxidation sites excluding steroid dienone is 2. The molecule has 4 bridgehead atoms. The predicted octanol–water partition coefficient (Wildman–Crippen LogP) is 5.61. The molecule has 0 aromatic carbocycles. The van der Waals surface area contributed by atoms with Crippen molar-refractivity contribution in [2.75, 3.05) is 0 Å². The summed E-state index contributed by atoms with van der Waals surface area (Å²) in [5.41, 5.74) is 4.59. The molecule has 0 N–H and O–H groups in total. The van der Waals surface area contributed by atoms with Crippen LogP contribution in [0.5, 0.6) is 0 Å². The van der Waals surface area contributed by atoms with Gasteiger partial charge in [-0.1, -0.05) is 13.8 Å². The summed E-state index contributed by atoms with van der Waals surface area (Å²) in [5, 5.41) is 0. The highest BCUT2D eigenvalue weighted by Crippen LogP contribution is 2.58. The Labute approximate surface area is 170 Å². The van der Waals surface area contributed by atoms with Crippen LogP contribution in [0.4, 0.5) is 0 Å². The molecule has 0 amide bonds. The lowest BCUT2D eigenvalue weighted by atomic mass is 9.53. The molecule has 5 aliphatic rings. The summed E-state index contributed by atoms with van der Waals surface area (Å²) in [7, 11) is 0. The summed E-state index contributed by atoms with van der Waals surface area (Å²) in [4.78, 5) is 28.3. The highest BCUT2D eigenvalue weighted by Gasteiger charge is 2.50. The largest absolute Gasteiger partial charge is 0.386 e. The molecule has 1 aliphatic heterocycles. The van der Waals surface area contributed by atoms with Crippen LogP contribution < -0.4 is 0 Å². The Morgan fingerprint density at radius 2 is 1.61 bits per heavy atom. The van der Waals surface area contributed by atoms with Gasteiger partial charge < -0.3 is 4.74 Å². The topological polar surface area (TPSA) is 43.4 Å².